The second kappa shape index (κ2) is 9.20. The topological polar surface area (TPSA) is 72.9 Å². The molecule has 0 N–H and O–H groups in total. The van der Waals surface area contributed by atoms with Crippen molar-refractivity contribution in [3.8, 4) is 0 Å². The van der Waals surface area contributed by atoms with Gasteiger partial charge in [0, 0.05) is 13.0 Å². The first-order chi connectivity index (χ1) is 11.5. The molecular weight excluding hydrogens is 322 g/mol. The highest BCUT2D eigenvalue weighted by Crippen LogP contribution is 2.26. The van der Waals surface area contributed by atoms with Gasteiger partial charge in [-0.05, 0) is 52.9 Å². The van der Waals surface area contributed by atoms with Crippen LogP contribution in [0.4, 0.5) is 4.79 Å². The molecule has 6 heteroatoms. The van der Waals surface area contributed by atoms with Gasteiger partial charge in [-0.2, -0.15) is 0 Å². The molecule has 1 aliphatic rings. The molecule has 144 valence electrons. The van der Waals surface area contributed by atoms with Gasteiger partial charge in [-0.25, -0.2) is 4.79 Å². The van der Waals surface area contributed by atoms with Gasteiger partial charge in [0.15, 0.2) is 5.78 Å². The molecule has 25 heavy (non-hydrogen) atoms. The number of carbonyl (C=O) groups excluding carboxylic acids is 3. The molecule has 1 aliphatic heterocycles. The normalized spacial score (nSPS) is 19.0. The molecule has 1 amide bonds. The highest BCUT2D eigenvalue weighted by atomic mass is 16.6. The Bertz CT molecular complexity index is 481. The Morgan fingerprint density at radius 2 is 1.84 bits per heavy atom. The van der Waals surface area contributed by atoms with E-state index in [-0.39, 0.29) is 24.1 Å². The molecule has 0 radical (unpaired) electrons. The number of amides is 1. The van der Waals surface area contributed by atoms with Crippen LogP contribution in [0.15, 0.2) is 0 Å². The van der Waals surface area contributed by atoms with Gasteiger partial charge in [-0.3, -0.25) is 14.5 Å². The van der Waals surface area contributed by atoms with E-state index in [0.29, 0.717) is 26.0 Å². The summed E-state index contributed by atoms with van der Waals surface area (Å²) in [5, 5.41) is 0. The molecule has 1 heterocycles. The molecule has 0 aromatic rings. The van der Waals surface area contributed by atoms with Crippen molar-refractivity contribution in [3.63, 3.8) is 0 Å². The van der Waals surface area contributed by atoms with E-state index >= 15 is 0 Å². The van der Waals surface area contributed by atoms with E-state index in [1.54, 1.807) is 27.7 Å². The first-order valence-electron chi connectivity index (χ1n) is 9.24. The first kappa shape index (κ1) is 21.5. The smallest absolute Gasteiger partial charge is 0.410 e. The first-order valence-corrected chi connectivity index (χ1v) is 9.24. The van der Waals surface area contributed by atoms with Gasteiger partial charge in [0.25, 0.3) is 0 Å². The Labute approximate surface area is 151 Å². The zero-order valence-electron chi connectivity index (χ0n) is 16.5. The number of ether oxygens (including phenoxy) is 2. The van der Waals surface area contributed by atoms with Gasteiger partial charge in [0.05, 0.1) is 18.6 Å². The molecule has 2 atom stereocenters. The number of Topliss-reactive ketones (excluding diaryl/α,β-unsaturated/α-hetero) is 1. The number of nitrogens with zero attached hydrogens (tertiary/aromatic N) is 1. The van der Waals surface area contributed by atoms with Crippen LogP contribution in [-0.4, -0.2) is 47.5 Å². The maximum atomic E-state index is 12.8. The lowest BCUT2D eigenvalue weighted by molar-refractivity contribution is -0.150. The number of hydrogen-bond acceptors (Lipinski definition) is 5. The Morgan fingerprint density at radius 1 is 1.20 bits per heavy atom. The average Bonchev–Trinajstić information content (AvgIpc) is 2.94. The van der Waals surface area contributed by atoms with E-state index in [0.717, 1.165) is 6.42 Å². The zero-order chi connectivity index (χ0) is 19.2. The summed E-state index contributed by atoms with van der Waals surface area (Å²) in [6.07, 6.45) is 1.64. The van der Waals surface area contributed by atoms with Crippen molar-refractivity contribution in [2.24, 2.45) is 11.8 Å². The molecule has 1 saturated heterocycles. The molecule has 0 aromatic carbocycles. The molecule has 2 unspecified atom stereocenters. The van der Waals surface area contributed by atoms with Crippen molar-refractivity contribution in [1.82, 2.24) is 4.90 Å². The maximum absolute atomic E-state index is 12.8. The molecule has 0 saturated carbocycles. The maximum Gasteiger partial charge on any atom is 0.410 e. The molecule has 0 aliphatic carbocycles. The largest absolute Gasteiger partial charge is 0.466 e. The van der Waals surface area contributed by atoms with Crippen LogP contribution in [0, 0.1) is 11.8 Å². The number of carbonyl (C=O) groups is 3. The Balaban J connectivity index is 2.77. The van der Waals surface area contributed by atoms with Gasteiger partial charge in [0.2, 0.25) is 0 Å². The van der Waals surface area contributed by atoms with E-state index in [2.05, 4.69) is 0 Å². The predicted octanol–water partition coefficient (Wildman–Crippen LogP) is 3.57. The van der Waals surface area contributed by atoms with Crippen LogP contribution in [0.3, 0.4) is 0 Å². The van der Waals surface area contributed by atoms with E-state index in [1.165, 1.54) is 4.90 Å². The van der Waals surface area contributed by atoms with Crippen molar-refractivity contribution in [3.05, 3.63) is 0 Å². The zero-order valence-corrected chi connectivity index (χ0v) is 16.5. The quantitative estimate of drug-likeness (QED) is 0.653. The summed E-state index contributed by atoms with van der Waals surface area (Å²) in [5.74, 6) is -0.574. The van der Waals surface area contributed by atoms with Crippen LogP contribution >= 0.6 is 0 Å². The highest BCUT2D eigenvalue weighted by Gasteiger charge is 2.38. The lowest BCUT2D eigenvalue weighted by Crippen LogP contribution is -2.44. The standard InChI is InChI=1S/C19H33NO5/c1-7-24-17(22)14(11-13(2)3)12-16(21)15-9-8-10-20(15)18(23)25-19(4,5)6/h13-15H,7-12H2,1-6H3. The van der Waals surface area contributed by atoms with E-state index in [1.807, 2.05) is 13.8 Å². The minimum absolute atomic E-state index is 0.0814. The Morgan fingerprint density at radius 3 is 2.36 bits per heavy atom. The average molecular weight is 355 g/mol. The second-order valence-corrected chi connectivity index (χ2v) is 8.08. The second-order valence-electron chi connectivity index (χ2n) is 8.08. The van der Waals surface area contributed by atoms with Crippen LogP contribution in [0.2, 0.25) is 0 Å². The molecule has 6 nitrogen and oxygen atoms in total. The Kier molecular flexibility index (Phi) is 7.90. The summed E-state index contributed by atoms with van der Waals surface area (Å²) in [6.45, 7) is 12.0. The third kappa shape index (κ3) is 7.04. The monoisotopic (exact) mass is 355 g/mol. The van der Waals surface area contributed by atoms with Gasteiger partial charge in [0.1, 0.15) is 5.60 Å². The van der Waals surface area contributed by atoms with E-state index in [9.17, 15) is 14.4 Å². The summed E-state index contributed by atoms with van der Waals surface area (Å²) in [7, 11) is 0. The van der Waals surface area contributed by atoms with Crippen molar-refractivity contribution in [2.45, 2.75) is 78.9 Å². The number of rotatable bonds is 7. The number of likely N-dealkylation sites (tertiary alicyclic amines) is 1. The number of ketones is 1. The number of esters is 1. The summed E-state index contributed by atoms with van der Waals surface area (Å²) in [6, 6.07) is -0.501. The van der Waals surface area contributed by atoms with Crippen LogP contribution in [0.5, 0.6) is 0 Å². The molecule has 0 spiro atoms. The summed E-state index contributed by atoms with van der Waals surface area (Å²) >= 11 is 0. The third-order valence-electron chi connectivity index (χ3n) is 4.08. The molecular formula is C19H33NO5. The van der Waals surface area contributed by atoms with Crippen LogP contribution in [0.1, 0.15) is 67.2 Å². The van der Waals surface area contributed by atoms with Crippen molar-refractivity contribution in [2.75, 3.05) is 13.2 Å². The molecule has 1 fully saturated rings. The SMILES string of the molecule is CCOC(=O)C(CC(=O)C1CCCN1C(=O)OC(C)(C)C)CC(C)C. The van der Waals surface area contributed by atoms with Gasteiger partial charge < -0.3 is 9.47 Å². The predicted molar refractivity (Wildman–Crippen MR) is 95.2 cm³/mol. The van der Waals surface area contributed by atoms with Crippen LogP contribution in [-0.2, 0) is 19.1 Å². The lowest BCUT2D eigenvalue weighted by Gasteiger charge is -2.28. The minimum Gasteiger partial charge on any atom is -0.466 e. The van der Waals surface area contributed by atoms with Crippen molar-refractivity contribution < 1.29 is 23.9 Å². The third-order valence-corrected chi connectivity index (χ3v) is 4.08. The molecule has 0 bridgehead atoms. The fourth-order valence-corrected chi connectivity index (χ4v) is 3.11. The van der Waals surface area contributed by atoms with Crippen molar-refractivity contribution in [1.29, 1.82) is 0 Å². The summed E-state index contributed by atoms with van der Waals surface area (Å²) in [5.41, 5.74) is -0.599. The number of hydrogen-bond donors (Lipinski definition) is 0. The van der Waals surface area contributed by atoms with E-state index < -0.39 is 23.7 Å². The van der Waals surface area contributed by atoms with Gasteiger partial charge in [-0.15, -0.1) is 0 Å². The van der Waals surface area contributed by atoms with Crippen LogP contribution in [0.25, 0.3) is 0 Å². The molecule has 0 aromatic heterocycles. The van der Waals surface area contributed by atoms with E-state index in [4.69, 9.17) is 9.47 Å². The van der Waals surface area contributed by atoms with Crippen molar-refractivity contribution >= 4 is 17.8 Å². The summed E-state index contributed by atoms with van der Waals surface area (Å²) < 4.78 is 10.5. The molecule has 1 rings (SSSR count). The van der Waals surface area contributed by atoms with Crippen LogP contribution < -0.4 is 0 Å². The fraction of sp³-hybridized carbons (Fsp3) is 0.842. The Hall–Kier alpha value is -1.59. The summed E-state index contributed by atoms with van der Waals surface area (Å²) in [4.78, 5) is 38.8. The van der Waals surface area contributed by atoms with Gasteiger partial charge >= 0.3 is 12.1 Å². The highest BCUT2D eigenvalue weighted by molar-refractivity contribution is 5.91. The minimum atomic E-state index is -0.599. The fourth-order valence-electron chi connectivity index (χ4n) is 3.11. The van der Waals surface area contributed by atoms with Gasteiger partial charge in [-0.1, -0.05) is 13.8 Å². The lowest BCUT2D eigenvalue weighted by atomic mass is 9.90.